The Morgan fingerprint density at radius 2 is 1.82 bits per heavy atom. The normalized spacial score (nSPS) is 22.5. The molecule has 3 heterocycles. The van der Waals surface area contributed by atoms with E-state index in [1.54, 1.807) is 6.07 Å². The number of benzene rings is 1. The minimum absolute atomic E-state index is 0.162. The molecule has 0 aliphatic heterocycles. The van der Waals surface area contributed by atoms with E-state index in [-0.39, 0.29) is 28.8 Å². The van der Waals surface area contributed by atoms with Crippen LogP contribution in [0.5, 0.6) is 0 Å². The predicted octanol–water partition coefficient (Wildman–Crippen LogP) is 5.13. The van der Waals surface area contributed by atoms with E-state index in [0.29, 0.717) is 17.4 Å². The molecule has 0 spiro atoms. The van der Waals surface area contributed by atoms with Gasteiger partial charge >= 0.3 is 0 Å². The molecule has 8 nitrogen and oxygen atoms in total. The van der Waals surface area contributed by atoms with Crippen molar-refractivity contribution in [3.8, 4) is 22.8 Å². The van der Waals surface area contributed by atoms with Gasteiger partial charge in [0.2, 0.25) is 0 Å². The van der Waals surface area contributed by atoms with Crippen LogP contribution in [-0.2, 0) is 21.0 Å². The minimum Gasteiger partial charge on any atom is -0.262 e. The van der Waals surface area contributed by atoms with Gasteiger partial charge in [0.1, 0.15) is 28.9 Å². The molecular weight excluding hydrogens is 522 g/mol. The molecule has 1 aromatic carbocycles. The van der Waals surface area contributed by atoms with Crippen LogP contribution in [-0.4, -0.2) is 45.0 Å². The molecule has 202 valence electrons. The van der Waals surface area contributed by atoms with Crippen molar-refractivity contribution in [3.05, 3.63) is 76.9 Å². The maximum atomic E-state index is 14.7. The summed E-state index contributed by atoms with van der Waals surface area (Å²) in [5.74, 6) is -0.433. The first-order chi connectivity index (χ1) is 18.7. The van der Waals surface area contributed by atoms with Crippen molar-refractivity contribution >= 4 is 9.84 Å². The van der Waals surface area contributed by atoms with Gasteiger partial charge < -0.3 is 0 Å². The van der Waals surface area contributed by atoms with Crippen LogP contribution in [0.4, 0.5) is 8.78 Å². The molecule has 3 aromatic heterocycles. The van der Waals surface area contributed by atoms with Crippen LogP contribution in [0.2, 0.25) is 0 Å². The van der Waals surface area contributed by atoms with Crippen molar-refractivity contribution in [1.29, 1.82) is 0 Å². The van der Waals surface area contributed by atoms with Crippen LogP contribution in [0.3, 0.4) is 0 Å². The highest BCUT2D eigenvalue weighted by Crippen LogP contribution is 2.56. The number of aromatic amines is 1. The van der Waals surface area contributed by atoms with E-state index in [1.807, 2.05) is 18.2 Å². The molecule has 1 unspecified atom stereocenters. The van der Waals surface area contributed by atoms with Crippen molar-refractivity contribution in [1.82, 2.24) is 30.4 Å². The molecule has 2 bridgehead atoms. The van der Waals surface area contributed by atoms with Crippen molar-refractivity contribution < 1.29 is 17.2 Å². The lowest BCUT2D eigenvalue weighted by Gasteiger charge is -2.41. The number of nitrogens with one attached hydrogen (secondary N) is 1. The highest BCUT2D eigenvalue weighted by molar-refractivity contribution is 7.89. The Balaban J connectivity index is 1.47. The average Bonchev–Trinajstić information content (AvgIpc) is 3.18. The molecule has 3 aliphatic carbocycles. The van der Waals surface area contributed by atoms with Crippen molar-refractivity contribution in [2.45, 2.75) is 56.1 Å². The third-order valence-electron chi connectivity index (χ3n) is 8.12. The number of H-pyrrole nitrogens is 1. The Morgan fingerprint density at radius 1 is 1.05 bits per heavy atom. The molecule has 3 aliphatic rings. The SMILES string of the molecule is CCC1C[C@@]2(c3cccc(-c4n[nH]c(CS(C)(=O)=O)n4)n3)CCC[C@@H]1c1cc(-c3c(F)cccc3F)nnc12. The fourth-order valence-electron chi connectivity index (χ4n) is 6.43. The summed E-state index contributed by atoms with van der Waals surface area (Å²) in [6.45, 7) is 2.17. The Labute approximate surface area is 225 Å². The van der Waals surface area contributed by atoms with Gasteiger partial charge in [0.05, 0.1) is 28.1 Å². The number of halogens is 2. The molecule has 39 heavy (non-hydrogen) atoms. The number of hydrogen-bond donors (Lipinski definition) is 1. The van der Waals surface area contributed by atoms with Gasteiger partial charge in [-0.1, -0.05) is 31.9 Å². The van der Waals surface area contributed by atoms with Crippen LogP contribution >= 0.6 is 0 Å². The number of nitrogens with zero attached hydrogens (tertiary/aromatic N) is 5. The highest BCUT2D eigenvalue weighted by atomic mass is 32.2. The lowest BCUT2D eigenvalue weighted by molar-refractivity contribution is 0.286. The molecule has 1 N–H and O–H groups in total. The second-order valence-corrected chi connectivity index (χ2v) is 12.8. The number of pyridine rings is 1. The topological polar surface area (TPSA) is 114 Å². The van der Waals surface area contributed by atoms with Gasteiger partial charge in [0.25, 0.3) is 0 Å². The fourth-order valence-corrected chi connectivity index (χ4v) is 7.06. The van der Waals surface area contributed by atoms with Gasteiger partial charge in [-0.05, 0) is 67.0 Å². The summed E-state index contributed by atoms with van der Waals surface area (Å²) in [4.78, 5) is 9.34. The number of aromatic nitrogens is 6. The standard InChI is InChI=1S/C28H28F2N6O2S/c1-3-16-14-28(23-11-5-10-21(31-23)27-32-24(34-36-27)15-39(2,37)38)12-6-7-17(16)18-13-22(33-35-26(18)28)25-19(29)8-4-9-20(25)30/h4-5,8-11,13,16-17H,3,6-7,12,14-15H2,1-2H3,(H,32,34,36)/t16?,17-,28+/m0/s1. The van der Waals surface area contributed by atoms with Crippen LogP contribution < -0.4 is 0 Å². The third kappa shape index (κ3) is 4.52. The Hall–Kier alpha value is -3.60. The molecular formula is C28H28F2N6O2S. The molecule has 3 atom stereocenters. The van der Waals surface area contributed by atoms with E-state index < -0.39 is 26.9 Å². The van der Waals surface area contributed by atoms with Gasteiger partial charge in [-0.25, -0.2) is 27.2 Å². The lowest BCUT2D eigenvalue weighted by Crippen LogP contribution is -2.38. The summed E-state index contributed by atoms with van der Waals surface area (Å²) in [6.07, 6.45) is 5.66. The summed E-state index contributed by atoms with van der Waals surface area (Å²) in [5, 5.41) is 15.9. The van der Waals surface area contributed by atoms with Gasteiger partial charge in [-0.3, -0.25) is 5.10 Å². The smallest absolute Gasteiger partial charge is 0.199 e. The van der Waals surface area contributed by atoms with E-state index in [9.17, 15) is 17.2 Å². The largest absolute Gasteiger partial charge is 0.262 e. The van der Waals surface area contributed by atoms with Crippen LogP contribution in [0.25, 0.3) is 22.8 Å². The van der Waals surface area contributed by atoms with Gasteiger partial charge in [0.15, 0.2) is 15.7 Å². The lowest BCUT2D eigenvalue weighted by atomic mass is 9.63. The molecule has 7 rings (SSSR count). The molecule has 0 amide bonds. The van der Waals surface area contributed by atoms with Gasteiger partial charge in [-0.15, -0.1) is 5.10 Å². The summed E-state index contributed by atoms with van der Waals surface area (Å²) >= 11 is 0. The van der Waals surface area contributed by atoms with E-state index in [0.717, 1.165) is 55.3 Å². The minimum atomic E-state index is -3.27. The second-order valence-electron chi connectivity index (χ2n) is 10.7. The van der Waals surface area contributed by atoms with Crippen LogP contribution in [0, 0.1) is 17.6 Å². The number of sulfone groups is 1. The summed E-state index contributed by atoms with van der Waals surface area (Å²) in [5.41, 5.74) is 2.65. The Morgan fingerprint density at radius 3 is 2.56 bits per heavy atom. The summed E-state index contributed by atoms with van der Waals surface area (Å²) in [6, 6.07) is 11.3. The summed E-state index contributed by atoms with van der Waals surface area (Å²) in [7, 11) is -3.27. The average molecular weight is 551 g/mol. The first kappa shape index (κ1) is 25.7. The summed E-state index contributed by atoms with van der Waals surface area (Å²) < 4.78 is 52.7. The van der Waals surface area contributed by atoms with Crippen molar-refractivity contribution in [3.63, 3.8) is 0 Å². The fraction of sp³-hybridized carbons (Fsp3) is 0.393. The van der Waals surface area contributed by atoms with Crippen molar-refractivity contribution in [2.24, 2.45) is 5.92 Å². The second kappa shape index (κ2) is 9.55. The van der Waals surface area contributed by atoms with E-state index >= 15 is 0 Å². The number of rotatable bonds is 6. The maximum absolute atomic E-state index is 14.7. The first-order valence-corrected chi connectivity index (χ1v) is 15.1. The van der Waals surface area contributed by atoms with E-state index in [4.69, 9.17) is 4.98 Å². The number of fused-ring (bicyclic) bond motifs is 3. The zero-order valence-corrected chi connectivity index (χ0v) is 22.5. The predicted molar refractivity (Wildman–Crippen MR) is 141 cm³/mol. The monoisotopic (exact) mass is 550 g/mol. The third-order valence-corrected chi connectivity index (χ3v) is 8.91. The molecule has 1 saturated carbocycles. The Kier molecular flexibility index (Phi) is 6.28. The van der Waals surface area contributed by atoms with E-state index in [2.05, 4.69) is 32.3 Å². The van der Waals surface area contributed by atoms with Gasteiger partial charge in [-0.2, -0.15) is 10.2 Å². The molecule has 0 radical (unpaired) electrons. The van der Waals surface area contributed by atoms with Crippen LogP contribution in [0.1, 0.15) is 67.7 Å². The number of hydrogen-bond acceptors (Lipinski definition) is 7. The van der Waals surface area contributed by atoms with Crippen molar-refractivity contribution in [2.75, 3.05) is 6.26 Å². The molecule has 0 saturated heterocycles. The molecule has 11 heteroatoms. The quantitative estimate of drug-likeness (QED) is 0.354. The maximum Gasteiger partial charge on any atom is 0.199 e. The molecule has 1 fully saturated rings. The van der Waals surface area contributed by atoms with Gasteiger partial charge in [0, 0.05) is 6.26 Å². The zero-order chi connectivity index (χ0) is 27.4. The van der Waals surface area contributed by atoms with E-state index in [1.165, 1.54) is 18.2 Å². The highest BCUT2D eigenvalue weighted by Gasteiger charge is 2.50. The first-order valence-electron chi connectivity index (χ1n) is 13.1. The zero-order valence-electron chi connectivity index (χ0n) is 21.7. The van der Waals surface area contributed by atoms with Crippen LogP contribution in [0.15, 0.2) is 42.5 Å². The Bertz CT molecular complexity index is 1650. The molecule has 4 aromatic rings.